The highest BCUT2D eigenvalue weighted by Crippen LogP contribution is 2.17. The smallest absolute Gasteiger partial charge is 0.309 e. The highest BCUT2D eigenvalue weighted by Gasteiger charge is 2.19. The number of rotatable bonds is 52. The van der Waals surface area contributed by atoms with Crippen molar-refractivity contribution in [3.63, 3.8) is 0 Å². The second kappa shape index (κ2) is 54.2. The minimum absolute atomic E-state index is 0.0940. The van der Waals surface area contributed by atoms with Gasteiger partial charge in [0.2, 0.25) is 0 Å². The summed E-state index contributed by atoms with van der Waals surface area (Å²) in [6.07, 6.45) is 64.7. The fourth-order valence-electron chi connectivity index (χ4n) is 8.45. The van der Waals surface area contributed by atoms with Gasteiger partial charge >= 0.3 is 17.9 Å². The van der Waals surface area contributed by atoms with E-state index in [0.717, 1.165) is 57.8 Å². The summed E-state index contributed by atoms with van der Waals surface area (Å²) < 4.78 is 16.7. The molecule has 0 N–H and O–H groups in total. The summed E-state index contributed by atoms with van der Waals surface area (Å²) in [5.74, 6) is -1.01. The van der Waals surface area contributed by atoms with Gasteiger partial charge in [0.1, 0.15) is 13.2 Å². The van der Waals surface area contributed by atoms with Gasteiger partial charge in [0.15, 0.2) is 6.10 Å². The molecule has 0 saturated heterocycles. The van der Waals surface area contributed by atoms with Crippen LogP contribution in [0, 0.1) is 0 Å². The summed E-state index contributed by atoms with van der Waals surface area (Å²) in [5, 5.41) is 0. The number of allylic oxidation sites excluding steroid dienone is 5. The van der Waals surface area contributed by atoms with Crippen LogP contribution in [-0.4, -0.2) is 37.2 Å². The van der Waals surface area contributed by atoms with E-state index in [0.29, 0.717) is 12.8 Å². The SMILES string of the molecule is CC/C=C\C/C=C\C/C=C\CC(=O)OCC(COC(=O)CCCCCCCCCCCCCCCCCCCCC)OC(=O)CCCCCCCCCCCCCCCCCCCCC. The molecular weight excluding hydrogens is 805 g/mol. The van der Waals surface area contributed by atoms with Gasteiger partial charge in [-0.1, -0.05) is 288 Å². The predicted octanol–water partition coefficient (Wildman–Crippen LogP) is 18.9. The molecule has 0 spiro atoms. The molecule has 0 amide bonds. The molecule has 380 valence electrons. The summed E-state index contributed by atoms with van der Waals surface area (Å²) in [5.41, 5.74) is 0. The van der Waals surface area contributed by atoms with Gasteiger partial charge in [-0.25, -0.2) is 0 Å². The van der Waals surface area contributed by atoms with Crippen molar-refractivity contribution in [3.8, 4) is 0 Å². The summed E-state index contributed by atoms with van der Waals surface area (Å²) >= 11 is 0. The maximum Gasteiger partial charge on any atom is 0.309 e. The molecule has 1 unspecified atom stereocenters. The molecule has 0 aromatic heterocycles. The Hall–Kier alpha value is -2.37. The van der Waals surface area contributed by atoms with Gasteiger partial charge in [-0.3, -0.25) is 14.4 Å². The molecule has 0 aliphatic rings. The lowest BCUT2D eigenvalue weighted by Gasteiger charge is -2.18. The number of hydrogen-bond donors (Lipinski definition) is 0. The molecule has 1 atom stereocenters. The Morgan fingerprint density at radius 1 is 0.323 bits per heavy atom. The quantitative estimate of drug-likeness (QED) is 0.0262. The first kappa shape index (κ1) is 62.6. The molecule has 6 nitrogen and oxygen atoms in total. The van der Waals surface area contributed by atoms with Gasteiger partial charge in [0.05, 0.1) is 6.42 Å². The highest BCUT2D eigenvalue weighted by molar-refractivity contribution is 5.72. The number of carbonyl (C=O) groups is 3. The van der Waals surface area contributed by atoms with Gasteiger partial charge in [0.25, 0.3) is 0 Å². The van der Waals surface area contributed by atoms with Crippen molar-refractivity contribution in [1.29, 1.82) is 0 Å². The first-order valence-corrected chi connectivity index (χ1v) is 28.5. The van der Waals surface area contributed by atoms with E-state index in [-0.39, 0.29) is 31.6 Å². The van der Waals surface area contributed by atoms with E-state index in [1.165, 1.54) is 205 Å². The van der Waals surface area contributed by atoms with Crippen LogP contribution in [0.25, 0.3) is 0 Å². The molecular formula is C59H108O6. The van der Waals surface area contributed by atoms with Crippen molar-refractivity contribution in [2.75, 3.05) is 13.2 Å². The van der Waals surface area contributed by atoms with Crippen molar-refractivity contribution < 1.29 is 28.6 Å². The predicted molar refractivity (Wildman–Crippen MR) is 279 cm³/mol. The van der Waals surface area contributed by atoms with Gasteiger partial charge in [-0.05, 0) is 32.1 Å². The van der Waals surface area contributed by atoms with Gasteiger partial charge in [-0.15, -0.1) is 0 Å². The summed E-state index contributed by atoms with van der Waals surface area (Å²) in [7, 11) is 0. The largest absolute Gasteiger partial charge is 0.462 e. The number of ether oxygens (including phenoxy) is 3. The standard InChI is InChI=1S/C59H108O6/c1-4-7-10-13-16-19-21-23-25-27-29-31-33-35-37-40-43-46-49-52-58(61)64-55-56(54-63-57(60)51-48-45-42-39-18-15-12-9-6-3)65-59(62)53-50-47-44-41-38-36-34-32-30-28-26-24-22-20-17-14-11-8-5-2/h9,12,18,39,45,48,56H,4-8,10-11,13-17,19-38,40-44,46-47,49-55H2,1-3H3/b12-9-,39-18-,48-45-. The third-order valence-corrected chi connectivity index (χ3v) is 12.7. The Bertz CT molecular complexity index is 1090. The molecule has 0 saturated carbocycles. The van der Waals surface area contributed by atoms with Crippen LogP contribution in [0.4, 0.5) is 0 Å². The third-order valence-electron chi connectivity index (χ3n) is 12.7. The molecule has 0 fully saturated rings. The Morgan fingerprint density at radius 2 is 0.600 bits per heavy atom. The average molecular weight is 914 g/mol. The average Bonchev–Trinajstić information content (AvgIpc) is 3.30. The number of hydrogen-bond acceptors (Lipinski definition) is 6. The van der Waals surface area contributed by atoms with E-state index in [9.17, 15) is 14.4 Å². The normalized spacial score (nSPS) is 12.2. The molecule has 0 aliphatic heterocycles. The maximum absolute atomic E-state index is 12.8. The summed E-state index contributed by atoms with van der Waals surface area (Å²) in [6.45, 7) is 6.48. The molecule has 0 aromatic carbocycles. The summed E-state index contributed by atoms with van der Waals surface area (Å²) in [4.78, 5) is 37.9. The van der Waals surface area contributed by atoms with Crippen LogP contribution in [0.5, 0.6) is 0 Å². The molecule has 0 aromatic rings. The van der Waals surface area contributed by atoms with Crippen molar-refractivity contribution in [1.82, 2.24) is 0 Å². The molecule has 0 radical (unpaired) electrons. The minimum Gasteiger partial charge on any atom is -0.462 e. The second-order valence-electron chi connectivity index (χ2n) is 19.2. The Morgan fingerprint density at radius 3 is 0.938 bits per heavy atom. The van der Waals surface area contributed by atoms with Crippen molar-refractivity contribution >= 4 is 17.9 Å². The molecule has 0 bridgehead atoms. The summed E-state index contributed by atoms with van der Waals surface area (Å²) in [6, 6.07) is 0. The highest BCUT2D eigenvalue weighted by atomic mass is 16.6. The van der Waals surface area contributed by atoms with Gasteiger partial charge in [-0.2, -0.15) is 0 Å². The molecule has 65 heavy (non-hydrogen) atoms. The van der Waals surface area contributed by atoms with Crippen LogP contribution >= 0.6 is 0 Å². The minimum atomic E-state index is -0.802. The lowest BCUT2D eigenvalue weighted by atomic mass is 10.0. The van der Waals surface area contributed by atoms with Crippen LogP contribution in [0.2, 0.25) is 0 Å². The van der Waals surface area contributed by atoms with Crippen molar-refractivity contribution in [3.05, 3.63) is 36.5 Å². The number of esters is 3. The molecule has 0 aliphatic carbocycles. The third kappa shape index (κ3) is 52.5. The van der Waals surface area contributed by atoms with Crippen LogP contribution in [0.1, 0.15) is 303 Å². The van der Waals surface area contributed by atoms with E-state index < -0.39 is 12.1 Å². The fourth-order valence-corrected chi connectivity index (χ4v) is 8.45. The van der Waals surface area contributed by atoms with E-state index >= 15 is 0 Å². The Balaban J connectivity index is 4.25. The van der Waals surface area contributed by atoms with Crippen LogP contribution in [-0.2, 0) is 28.6 Å². The number of unbranched alkanes of at least 4 members (excludes halogenated alkanes) is 36. The molecule has 0 heterocycles. The number of carbonyl (C=O) groups excluding carboxylic acids is 3. The van der Waals surface area contributed by atoms with Crippen molar-refractivity contribution in [2.45, 2.75) is 309 Å². The first-order chi connectivity index (χ1) is 32.0. The monoisotopic (exact) mass is 913 g/mol. The first-order valence-electron chi connectivity index (χ1n) is 28.5. The lowest BCUT2D eigenvalue weighted by molar-refractivity contribution is -0.166. The van der Waals surface area contributed by atoms with Crippen molar-refractivity contribution in [2.24, 2.45) is 0 Å². The zero-order valence-electron chi connectivity index (χ0n) is 43.5. The van der Waals surface area contributed by atoms with E-state index in [1.54, 1.807) is 6.08 Å². The maximum atomic E-state index is 12.8. The Kier molecular flexibility index (Phi) is 52.3. The zero-order valence-corrected chi connectivity index (χ0v) is 43.5. The molecule has 0 rings (SSSR count). The molecule has 6 heteroatoms. The second-order valence-corrected chi connectivity index (χ2v) is 19.2. The topological polar surface area (TPSA) is 78.9 Å². The van der Waals surface area contributed by atoms with Crippen LogP contribution in [0.3, 0.4) is 0 Å². The lowest BCUT2D eigenvalue weighted by Crippen LogP contribution is -2.30. The zero-order chi connectivity index (χ0) is 47.2. The Labute approximate surface area is 404 Å². The van der Waals surface area contributed by atoms with Crippen LogP contribution < -0.4 is 0 Å². The van der Waals surface area contributed by atoms with E-state index in [1.807, 2.05) is 6.08 Å². The fraction of sp³-hybridized carbons (Fsp3) is 0.847. The van der Waals surface area contributed by atoms with Gasteiger partial charge in [0, 0.05) is 12.8 Å². The van der Waals surface area contributed by atoms with Crippen LogP contribution in [0.15, 0.2) is 36.5 Å². The van der Waals surface area contributed by atoms with E-state index in [4.69, 9.17) is 14.2 Å². The van der Waals surface area contributed by atoms with E-state index in [2.05, 4.69) is 45.1 Å². The van der Waals surface area contributed by atoms with Gasteiger partial charge < -0.3 is 14.2 Å².